The Morgan fingerprint density at radius 1 is 0.882 bits per heavy atom. The summed E-state index contributed by atoms with van der Waals surface area (Å²) in [6.45, 7) is 10.9. The van der Waals surface area contributed by atoms with Crippen molar-refractivity contribution in [3.05, 3.63) is 109 Å². The van der Waals surface area contributed by atoms with Gasteiger partial charge in [0.2, 0.25) is 0 Å². The summed E-state index contributed by atoms with van der Waals surface area (Å²) in [6.07, 6.45) is 3.32. The van der Waals surface area contributed by atoms with Gasteiger partial charge in [-0.1, -0.05) is 118 Å². The Labute approximate surface area is 205 Å². The van der Waals surface area contributed by atoms with Crippen LogP contribution in [0.5, 0.6) is 0 Å². The summed E-state index contributed by atoms with van der Waals surface area (Å²) >= 11 is 0. The predicted octanol–water partition coefficient (Wildman–Crippen LogP) is 6.03. The molecule has 0 radical (unpaired) electrons. The van der Waals surface area contributed by atoms with Gasteiger partial charge in [-0.25, -0.2) is 0 Å². The van der Waals surface area contributed by atoms with Crippen LogP contribution in [-0.4, -0.2) is 20.4 Å². The first kappa shape index (κ1) is 25.7. The Morgan fingerprint density at radius 2 is 1.38 bits per heavy atom. The fraction of sp³-hybridized carbons (Fsp3) is 0.300. The minimum absolute atomic E-state index is 0.157. The second-order valence-electron chi connectivity index (χ2n) is 9.62. The maximum Gasteiger partial charge on any atom is 0.308 e. The molecule has 0 N–H and O–H groups in total. The molecular weight excluding hydrogens is 436 g/mol. The van der Waals surface area contributed by atoms with E-state index in [1.807, 2.05) is 48.5 Å². The standard InChI is InChI=1S/C30H36O3Si/c1-5-6-18-26(23-29(31)32-24-25-16-10-7-11-17-25)33-34(30(2,3)4,27-19-12-8-13-20-27)28-21-14-9-15-22-28/h5,7-17,19-22,26H,1,6,18,23-24H2,2-4H3. The molecule has 0 heterocycles. The van der Waals surface area contributed by atoms with Crippen molar-refractivity contribution in [1.29, 1.82) is 0 Å². The smallest absolute Gasteiger partial charge is 0.308 e. The zero-order valence-electron chi connectivity index (χ0n) is 20.6. The van der Waals surface area contributed by atoms with Gasteiger partial charge < -0.3 is 9.16 Å². The number of esters is 1. The van der Waals surface area contributed by atoms with E-state index in [0.29, 0.717) is 6.42 Å². The Bertz CT molecular complexity index is 987. The molecule has 3 aromatic rings. The van der Waals surface area contributed by atoms with Crippen LogP contribution in [0.25, 0.3) is 0 Å². The molecule has 178 valence electrons. The summed E-state index contributed by atoms with van der Waals surface area (Å²) in [5.74, 6) is -0.240. The van der Waals surface area contributed by atoms with E-state index in [-0.39, 0.29) is 30.1 Å². The van der Waals surface area contributed by atoms with E-state index in [2.05, 4.69) is 75.9 Å². The van der Waals surface area contributed by atoms with Crippen LogP contribution >= 0.6 is 0 Å². The van der Waals surface area contributed by atoms with Gasteiger partial charge >= 0.3 is 5.97 Å². The highest BCUT2D eigenvalue weighted by atomic mass is 28.4. The van der Waals surface area contributed by atoms with Crippen molar-refractivity contribution < 1.29 is 14.0 Å². The van der Waals surface area contributed by atoms with Crippen LogP contribution in [0.3, 0.4) is 0 Å². The van der Waals surface area contributed by atoms with Gasteiger partial charge in [-0.3, -0.25) is 4.79 Å². The van der Waals surface area contributed by atoms with Crippen LogP contribution in [-0.2, 0) is 20.6 Å². The Morgan fingerprint density at radius 3 is 1.85 bits per heavy atom. The van der Waals surface area contributed by atoms with Gasteiger partial charge in [-0.15, -0.1) is 6.58 Å². The minimum Gasteiger partial charge on any atom is -0.461 e. The number of carbonyl (C=O) groups excluding carboxylic acids is 1. The van der Waals surface area contributed by atoms with Gasteiger partial charge in [0.15, 0.2) is 0 Å². The van der Waals surface area contributed by atoms with E-state index < -0.39 is 8.32 Å². The number of hydrogen-bond acceptors (Lipinski definition) is 3. The Hall–Kier alpha value is -2.95. The molecule has 0 aliphatic rings. The molecule has 4 heteroatoms. The number of allylic oxidation sites excluding steroid dienone is 1. The lowest BCUT2D eigenvalue weighted by atomic mass is 10.1. The van der Waals surface area contributed by atoms with Crippen molar-refractivity contribution in [2.75, 3.05) is 0 Å². The van der Waals surface area contributed by atoms with E-state index in [1.54, 1.807) is 0 Å². The normalized spacial score (nSPS) is 12.7. The predicted molar refractivity (Wildman–Crippen MR) is 143 cm³/mol. The van der Waals surface area contributed by atoms with Crippen molar-refractivity contribution in [2.45, 2.75) is 57.8 Å². The average molecular weight is 473 g/mol. The topological polar surface area (TPSA) is 35.5 Å². The summed E-state index contributed by atoms with van der Waals surface area (Å²) < 4.78 is 12.8. The van der Waals surface area contributed by atoms with Crippen LogP contribution < -0.4 is 10.4 Å². The maximum absolute atomic E-state index is 12.9. The van der Waals surface area contributed by atoms with Crippen LogP contribution in [0.15, 0.2) is 104 Å². The van der Waals surface area contributed by atoms with Crippen molar-refractivity contribution >= 4 is 24.7 Å². The maximum atomic E-state index is 12.9. The molecule has 0 saturated carbocycles. The molecular formula is C30H36O3Si. The van der Waals surface area contributed by atoms with Gasteiger partial charge in [0.25, 0.3) is 8.32 Å². The second kappa shape index (κ2) is 12.0. The lowest BCUT2D eigenvalue weighted by Gasteiger charge is -2.45. The zero-order chi connectivity index (χ0) is 24.4. The van der Waals surface area contributed by atoms with E-state index in [0.717, 1.165) is 12.0 Å². The van der Waals surface area contributed by atoms with Crippen LogP contribution in [0.2, 0.25) is 5.04 Å². The molecule has 3 aromatic carbocycles. The van der Waals surface area contributed by atoms with Gasteiger partial charge in [0.1, 0.15) is 6.61 Å². The summed E-state index contributed by atoms with van der Waals surface area (Å²) in [5, 5.41) is 2.25. The molecule has 3 nitrogen and oxygen atoms in total. The lowest BCUT2D eigenvalue weighted by molar-refractivity contribution is -0.147. The highest BCUT2D eigenvalue weighted by Gasteiger charge is 2.51. The second-order valence-corrected chi connectivity index (χ2v) is 13.9. The molecule has 0 saturated heterocycles. The highest BCUT2D eigenvalue weighted by Crippen LogP contribution is 2.38. The zero-order valence-corrected chi connectivity index (χ0v) is 21.6. The molecule has 0 aliphatic carbocycles. The number of ether oxygens (including phenoxy) is 1. The van der Waals surface area contributed by atoms with Crippen molar-refractivity contribution in [1.82, 2.24) is 0 Å². The third-order valence-corrected chi connectivity index (χ3v) is 11.2. The molecule has 0 amide bonds. The Kier molecular flexibility index (Phi) is 9.03. The van der Waals surface area contributed by atoms with Gasteiger partial charge in [0.05, 0.1) is 12.5 Å². The molecule has 0 aromatic heterocycles. The quantitative estimate of drug-likeness (QED) is 0.194. The van der Waals surface area contributed by atoms with Crippen molar-refractivity contribution in [2.24, 2.45) is 0 Å². The van der Waals surface area contributed by atoms with E-state index in [1.165, 1.54) is 10.4 Å². The third-order valence-electron chi connectivity index (χ3n) is 6.09. The summed E-state index contributed by atoms with van der Waals surface area (Å²) in [4.78, 5) is 12.9. The molecule has 0 aliphatic heterocycles. The minimum atomic E-state index is -2.76. The first-order chi connectivity index (χ1) is 16.4. The SMILES string of the molecule is C=CCCC(CC(=O)OCc1ccccc1)O[Si](c1ccccc1)(c1ccccc1)C(C)(C)C. The highest BCUT2D eigenvalue weighted by molar-refractivity contribution is 6.99. The van der Waals surface area contributed by atoms with Crippen LogP contribution in [0.4, 0.5) is 0 Å². The summed E-state index contributed by atoms with van der Waals surface area (Å²) in [5.41, 5.74) is 0.978. The first-order valence-electron chi connectivity index (χ1n) is 12.0. The lowest BCUT2D eigenvalue weighted by Crippen LogP contribution is -2.67. The van der Waals surface area contributed by atoms with Crippen LogP contribution in [0.1, 0.15) is 45.6 Å². The van der Waals surface area contributed by atoms with Gasteiger partial charge in [0, 0.05) is 0 Å². The molecule has 34 heavy (non-hydrogen) atoms. The Balaban J connectivity index is 1.93. The van der Waals surface area contributed by atoms with Gasteiger partial charge in [-0.2, -0.15) is 0 Å². The number of benzene rings is 3. The molecule has 1 atom stereocenters. The molecule has 1 unspecified atom stereocenters. The fourth-order valence-corrected chi connectivity index (χ4v) is 9.15. The summed E-state index contributed by atoms with van der Waals surface area (Å²) in [6, 6.07) is 30.8. The number of rotatable bonds is 11. The van der Waals surface area contributed by atoms with E-state index in [9.17, 15) is 4.79 Å². The molecule has 0 bridgehead atoms. The van der Waals surface area contributed by atoms with Gasteiger partial charge in [-0.05, 0) is 33.8 Å². The molecule has 0 spiro atoms. The largest absolute Gasteiger partial charge is 0.461 e. The molecule has 3 rings (SSSR count). The average Bonchev–Trinajstić information content (AvgIpc) is 2.85. The third kappa shape index (κ3) is 6.34. The van der Waals surface area contributed by atoms with Crippen LogP contribution in [0, 0.1) is 0 Å². The van der Waals surface area contributed by atoms with E-state index in [4.69, 9.17) is 9.16 Å². The van der Waals surface area contributed by atoms with Crippen molar-refractivity contribution in [3.8, 4) is 0 Å². The summed E-state index contributed by atoms with van der Waals surface area (Å²) in [7, 11) is -2.76. The van der Waals surface area contributed by atoms with E-state index >= 15 is 0 Å². The number of carbonyl (C=O) groups is 1. The van der Waals surface area contributed by atoms with Crippen molar-refractivity contribution in [3.63, 3.8) is 0 Å². The molecule has 0 fully saturated rings. The first-order valence-corrected chi connectivity index (χ1v) is 13.9. The monoisotopic (exact) mass is 472 g/mol. The fourth-order valence-electron chi connectivity index (χ4n) is 4.43. The number of hydrogen-bond donors (Lipinski definition) is 0.